The lowest BCUT2D eigenvalue weighted by atomic mass is 9.96. The average molecular weight is 472 g/mol. The molecule has 9 nitrogen and oxygen atoms in total. The summed E-state index contributed by atoms with van der Waals surface area (Å²) in [6, 6.07) is 7.70. The van der Waals surface area contributed by atoms with E-state index >= 15 is 0 Å². The predicted molar refractivity (Wildman–Crippen MR) is 129 cm³/mol. The number of hydrogen-bond acceptors (Lipinski definition) is 7. The molecule has 0 unspecified atom stereocenters. The number of carbonyl (C=O) groups excluding carboxylic acids is 1. The highest BCUT2D eigenvalue weighted by Gasteiger charge is 2.24. The lowest BCUT2D eigenvalue weighted by Crippen LogP contribution is -2.38. The Hall–Kier alpha value is -3.14. The van der Waals surface area contributed by atoms with Crippen LogP contribution in [0, 0.1) is 6.92 Å². The zero-order valence-corrected chi connectivity index (χ0v) is 20.6. The highest BCUT2D eigenvalue weighted by molar-refractivity contribution is 8.00. The van der Waals surface area contributed by atoms with E-state index in [0.717, 1.165) is 27.6 Å². The third-order valence-corrected chi connectivity index (χ3v) is 5.94. The van der Waals surface area contributed by atoms with Gasteiger partial charge in [0.1, 0.15) is 28.6 Å². The van der Waals surface area contributed by atoms with Crippen molar-refractivity contribution in [3.05, 3.63) is 56.5 Å². The molecular weight excluding hydrogens is 442 g/mol. The van der Waals surface area contributed by atoms with Gasteiger partial charge in [-0.15, -0.1) is 0 Å². The molecule has 10 heteroatoms. The summed E-state index contributed by atoms with van der Waals surface area (Å²) in [6.07, 6.45) is 0. The molecule has 0 fully saturated rings. The number of nitrogens with one attached hydrogen (secondary N) is 1. The van der Waals surface area contributed by atoms with Crippen LogP contribution in [0.5, 0.6) is 5.75 Å². The highest BCUT2D eigenvalue weighted by atomic mass is 32.2. The molecule has 0 aliphatic carbocycles. The Balaban J connectivity index is 1.75. The number of thioether (sulfide) groups is 1. The SMILES string of the molecule is Cc1cccc(OCCNC(=O)CSc2nc(C(C)(C)C)nc3c2c(=O)n(C)c(=O)n3C)c1. The summed E-state index contributed by atoms with van der Waals surface area (Å²) in [7, 11) is 2.98. The Morgan fingerprint density at radius 1 is 1.15 bits per heavy atom. The van der Waals surface area contributed by atoms with E-state index in [4.69, 9.17) is 4.74 Å². The highest BCUT2D eigenvalue weighted by Crippen LogP contribution is 2.26. The zero-order valence-electron chi connectivity index (χ0n) is 19.8. The molecule has 0 spiro atoms. The van der Waals surface area contributed by atoms with Gasteiger partial charge in [-0.05, 0) is 24.6 Å². The molecule has 0 aliphatic heterocycles. The van der Waals surface area contributed by atoms with Crippen molar-refractivity contribution in [2.45, 2.75) is 38.1 Å². The van der Waals surface area contributed by atoms with Gasteiger partial charge in [0.05, 0.1) is 12.3 Å². The summed E-state index contributed by atoms with van der Waals surface area (Å²) in [6.45, 7) is 8.52. The lowest BCUT2D eigenvalue weighted by Gasteiger charge is -2.19. The number of rotatable bonds is 7. The van der Waals surface area contributed by atoms with Crippen molar-refractivity contribution in [1.82, 2.24) is 24.4 Å². The molecule has 0 saturated carbocycles. The Kier molecular flexibility index (Phi) is 7.26. The first kappa shape index (κ1) is 24.5. The van der Waals surface area contributed by atoms with E-state index in [1.54, 1.807) is 7.05 Å². The first-order valence-electron chi connectivity index (χ1n) is 10.6. The lowest BCUT2D eigenvalue weighted by molar-refractivity contribution is -0.118. The van der Waals surface area contributed by atoms with Gasteiger partial charge >= 0.3 is 5.69 Å². The van der Waals surface area contributed by atoms with Crippen LogP contribution in [0.15, 0.2) is 38.9 Å². The summed E-state index contributed by atoms with van der Waals surface area (Å²) in [5.74, 6) is 1.10. The number of ether oxygens (including phenoxy) is 1. The minimum atomic E-state index is -0.483. The van der Waals surface area contributed by atoms with Crippen molar-refractivity contribution in [2.75, 3.05) is 18.9 Å². The average Bonchev–Trinajstić information content (AvgIpc) is 2.76. The number of nitrogens with zero attached hydrogens (tertiary/aromatic N) is 4. The number of hydrogen-bond donors (Lipinski definition) is 1. The van der Waals surface area contributed by atoms with Crippen LogP contribution in [0.2, 0.25) is 0 Å². The molecule has 1 aromatic carbocycles. The molecule has 176 valence electrons. The standard InChI is InChI=1S/C23H29N5O4S/c1-14-8-7-9-15(12-14)32-11-10-24-16(29)13-33-19-17-18(25-21(26-19)23(2,3)4)27(5)22(31)28(6)20(17)30/h7-9,12H,10-11,13H2,1-6H3,(H,24,29). The van der Waals surface area contributed by atoms with E-state index < -0.39 is 16.7 Å². The fourth-order valence-corrected chi connectivity index (χ4v) is 3.96. The largest absolute Gasteiger partial charge is 0.492 e. The van der Waals surface area contributed by atoms with Crippen molar-refractivity contribution >= 4 is 28.7 Å². The molecule has 2 heterocycles. The first-order chi connectivity index (χ1) is 15.5. The molecule has 1 amide bonds. The van der Waals surface area contributed by atoms with Crippen molar-refractivity contribution < 1.29 is 9.53 Å². The molecular formula is C23H29N5O4S. The normalized spacial score (nSPS) is 11.6. The van der Waals surface area contributed by atoms with Gasteiger partial charge in [0.15, 0.2) is 5.65 Å². The molecule has 0 aliphatic rings. The summed E-state index contributed by atoms with van der Waals surface area (Å²) in [5.41, 5.74) is 0.00730. The maximum Gasteiger partial charge on any atom is 0.332 e. The van der Waals surface area contributed by atoms with E-state index in [2.05, 4.69) is 15.3 Å². The molecule has 0 atom stereocenters. The van der Waals surface area contributed by atoms with Crippen LogP contribution in [0.1, 0.15) is 32.2 Å². The zero-order chi connectivity index (χ0) is 24.3. The van der Waals surface area contributed by atoms with Crippen LogP contribution in [0.4, 0.5) is 0 Å². The molecule has 1 N–H and O–H groups in total. The summed E-state index contributed by atoms with van der Waals surface area (Å²) in [4.78, 5) is 46.7. The molecule has 33 heavy (non-hydrogen) atoms. The van der Waals surface area contributed by atoms with Crippen LogP contribution in [0.25, 0.3) is 11.0 Å². The fraction of sp³-hybridized carbons (Fsp3) is 0.435. The van der Waals surface area contributed by atoms with E-state index in [1.807, 2.05) is 52.0 Å². The van der Waals surface area contributed by atoms with E-state index in [-0.39, 0.29) is 22.7 Å². The topological polar surface area (TPSA) is 108 Å². The second-order valence-electron chi connectivity index (χ2n) is 8.81. The van der Waals surface area contributed by atoms with Gasteiger partial charge in [0.2, 0.25) is 5.91 Å². The van der Waals surface area contributed by atoms with Gasteiger partial charge in [-0.25, -0.2) is 14.8 Å². The van der Waals surface area contributed by atoms with Gasteiger partial charge in [0.25, 0.3) is 5.56 Å². The molecule has 0 saturated heterocycles. The van der Waals surface area contributed by atoms with Crippen molar-refractivity contribution in [1.29, 1.82) is 0 Å². The summed E-state index contributed by atoms with van der Waals surface area (Å²) >= 11 is 1.15. The minimum Gasteiger partial charge on any atom is -0.492 e. The Morgan fingerprint density at radius 3 is 2.55 bits per heavy atom. The smallest absolute Gasteiger partial charge is 0.332 e. The van der Waals surface area contributed by atoms with Crippen molar-refractivity contribution in [2.24, 2.45) is 14.1 Å². The van der Waals surface area contributed by atoms with Gasteiger partial charge in [-0.2, -0.15) is 0 Å². The van der Waals surface area contributed by atoms with Crippen LogP contribution in [-0.4, -0.2) is 43.9 Å². The maximum atomic E-state index is 12.8. The summed E-state index contributed by atoms with van der Waals surface area (Å²) < 4.78 is 8.00. The van der Waals surface area contributed by atoms with E-state index in [1.165, 1.54) is 11.6 Å². The predicted octanol–water partition coefficient (Wildman–Crippen LogP) is 1.92. The fourth-order valence-electron chi connectivity index (χ4n) is 3.12. The van der Waals surface area contributed by atoms with E-state index in [9.17, 15) is 14.4 Å². The monoisotopic (exact) mass is 471 g/mol. The van der Waals surface area contributed by atoms with Gasteiger partial charge < -0.3 is 10.1 Å². The molecule has 3 rings (SSSR count). The maximum absolute atomic E-state index is 12.8. The summed E-state index contributed by atoms with van der Waals surface area (Å²) in [5, 5.41) is 3.42. The Bertz CT molecular complexity index is 1310. The Morgan fingerprint density at radius 2 is 1.88 bits per heavy atom. The third-order valence-electron chi connectivity index (χ3n) is 4.96. The van der Waals surface area contributed by atoms with Crippen LogP contribution < -0.4 is 21.3 Å². The first-order valence-corrected chi connectivity index (χ1v) is 11.5. The van der Waals surface area contributed by atoms with Crippen LogP contribution in [0.3, 0.4) is 0 Å². The Labute approximate surface area is 196 Å². The van der Waals surface area contributed by atoms with Crippen LogP contribution >= 0.6 is 11.8 Å². The third kappa shape index (κ3) is 5.62. The van der Waals surface area contributed by atoms with Gasteiger partial charge in [0, 0.05) is 19.5 Å². The van der Waals surface area contributed by atoms with Gasteiger partial charge in [-0.1, -0.05) is 44.7 Å². The van der Waals surface area contributed by atoms with Crippen molar-refractivity contribution in [3.63, 3.8) is 0 Å². The number of benzene rings is 1. The number of aryl methyl sites for hydroxylation is 2. The quantitative estimate of drug-likeness (QED) is 0.319. The second kappa shape index (κ2) is 9.78. The second-order valence-corrected chi connectivity index (χ2v) is 9.77. The van der Waals surface area contributed by atoms with Crippen LogP contribution in [-0.2, 0) is 24.3 Å². The molecule has 0 radical (unpaired) electrons. The molecule has 0 bridgehead atoms. The number of amides is 1. The molecule has 3 aromatic rings. The van der Waals surface area contributed by atoms with E-state index in [0.29, 0.717) is 24.0 Å². The number of fused-ring (bicyclic) bond motifs is 1. The number of carbonyl (C=O) groups is 1. The van der Waals surface area contributed by atoms with Gasteiger partial charge in [-0.3, -0.25) is 18.7 Å². The number of aromatic nitrogens is 4. The minimum absolute atomic E-state index is 0.0616. The van der Waals surface area contributed by atoms with Crippen molar-refractivity contribution in [3.8, 4) is 5.75 Å². The molecule has 2 aromatic heterocycles.